The molecule has 0 atom stereocenters. The summed E-state index contributed by atoms with van der Waals surface area (Å²) in [5, 5.41) is 6.89. The van der Waals surface area contributed by atoms with Gasteiger partial charge in [0, 0.05) is 16.8 Å². The van der Waals surface area contributed by atoms with Gasteiger partial charge in [-0.2, -0.15) is 5.10 Å². The van der Waals surface area contributed by atoms with E-state index in [1.165, 1.54) is 0 Å². The van der Waals surface area contributed by atoms with Crippen molar-refractivity contribution in [1.29, 1.82) is 0 Å². The quantitative estimate of drug-likeness (QED) is 0.563. The van der Waals surface area contributed by atoms with Crippen LogP contribution in [0, 0.1) is 0 Å². The highest BCUT2D eigenvalue weighted by atomic mass is 32.2. The van der Waals surface area contributed by atoms with E-state index in [-0.39, 0.29) is 10.5 Å². The summed E-state index contributed by atoms with van der Waals surface area (Å²) in [7, 11) is -3.80. The van der Waals surface area contributed by atoms with E-state index in [1.807, 2.05) is 31.2 Å². The number of aromatic amines is 1. The van der Waals surface area contributed by atoms with Crippen molar-refractivity contribution in [2.45, 2.75) is 63.7 Å². The van der Waals surface area contributed by atoms with Gasteiger partial charge in [-0.05, 0) is 72.9 Å². The smallest absolute Gasteiger partial charge is 0.267 e. The Balaban J connectivity index is 1.75. The van der Waals surface area contributed by atoms with Crippen molar-refractivity contribution in [3.63, 3.8) is 0 Å². The Labute approximate surface area is 189 Å². The van der Waals surface area contributed by atoms with Crippen LogP contribution in [0.25, 0.3) is 11.3 Å². The number of anilines is 1. The molecule has 32 heavy (non-hydrogen) atoms. The molecule has 0 aliphatic heterocycles. The number of aryl methyl sites for hydroxylation is 1. The molecule has 0 spiro atoms. The number of benzene rings is 2. The zero-order valence-electron chi connectivity index (χ0n) is 18.7. The number of fused-ring (bicyclic) bond motifs is 1. The number of sulfonamides is 1. The number of nitrogens with one attached hydrogen (secondary N) is 2. The molecule has 2 N–H and O–H groups in total. The lowest BCUT2D eigenvalue weighted by Crippen LogP contribution is -2.21. The van der Waals surface area contributed by atoms with Crippen LogP contribution in [0.1, 0.15) is 61.8 Å². The van der Waals surface area contributed by atoms with Crippen LogP contribution < -0.4 is 10.3 Å². The number of nitrogens with zero attached hydrogens (tertiary/aromatic N) is 1. The van der Waals surface area contributed by atoms with E-state index in [0.717, 1.165) is 47.9 Å². The van der Waals surface area contributed by atoms with Crippen LogP contribution in [-0.4, -0.2) is 18.6 Å². The molecule has 0 fully saturated rings. The van der Waals surface area contributed by atoms with Gasteiger partial charge in [0.2, 0.25) is 0 Å². The third kappa shape index (κ3) is 4.35. The first-order valence-electron chi connectivity index (χ1n) is 11.2. The molecule has 0 saturated carbocycles. The molecule has 0 radical (unpaired) electrons. The van der Waals surface area contributed by atoms with Gasteiger partial charge in [-0.25, -0.2) is 13.5 Å². The second-order valence-corrected chi connectivity index (χ2v) is 10.3. The normalized spacial score (nSPS) is 13.8. The Morgan fingerprint density at radius 1 is 1.03 bits per heavy atom. The molecule has 3 aromatic rings. The Morgan fingerprint density at radius 3 is 2.38 bits per heavy atom. The molecule has 0 bridgehead atoms. The third-order valence-electron chi connectivity index (χ3n) is 6.14. The standard InChI is InChI=1S/C25H29N3O3S/c1-4-17-9-10-19(24-21-7-5-6-8-22(21)25(29)27-26-24)15-23(17)32(30,31)28-20-13-11-18(12-14-20)16(2)3/h9-16,28H,4-8H2,1-3H3,(H,27,29). The van der Waals surface area contributed by atoms with Crippen molar-refractivity contribution >= 4 is 15.7 Å². The molecule has 168 valence electrons. The Bertz CT molecular complexity index is 1290. The fourth-order valence-electron chi connectivity index (χ4n) is 4.29. The molecule has 7 heteroatoms. The van der Waals surface area contributed by atoms with E-state index in [4.69, 9.17) is 0 Å². The first-order chi connectivity index (χ1) is 15.3. The van der Waals surface area contributed by atoms with E-state index in [2.05, 4.69) is 28.8 Å². The number of hydrogen-bond donors (Lipinski definition) is 2. The van der Waals surface area contributed by atoms with Crippen LogP contribution in [0.3, 0.4) is 0 Å². The van der Waals surface area contributed by atoms with E-state index in [1.54, 1.807) is 18.2 Å². The van der Waals surface area contributed by atoms with Gasteiger partial charge in [0.1, 0.15) is 0 Å². The second-order valence-electron chi connectivity index (χ2n) is 8.62. The lowest BCUT2D eigenvalue weighted by molar-refractivity contribution is 0.600. The van der Waals surface area contributed by atoms with Gasteiger partial charge < -0.3 is 0 Å². The predicted molar refractivity (Wildman–Crippen MR) is 128 cm³/mol. The number of hydrogen-bond acceptors (Lipinski definition) is 4. The van der Waals surface area contributed by atoms with Crippen molar-refractivity contribution in [1.82, 2.24) is 10.2 Å². The molecule has 0 saturated heterocycles. The summed E-state index contributed by atoms with van der Waals surface area (Å²) in [5.74, 6) is 0.375. The van der Waals surface area contributed by atoms with Crippen LogP contribution in [0.5, 0.6) is 0 Å². The van der Waals surface area contributed by atoms with E-state index in [9.17, 15) is 13.2 Å². The Hall–Kier alpha value is -2.93. The number of rotatable bonds is 6. The maximum Gasteiger partial charge on any atom is 0.267 e. The summed E-state index contributed by atoms with van der Waals surface area (Å²) in [4.78, 5) is 12.5. The zero-order valence-corrected chi connectivity index (χ0v) is 19.6. The molecule has 6 nitrogen and oxygen atoms in total. The van der Waals surface area contributed by atoms with Crippen LogP contribution in [0.15, 0.2) is 52.2 Å². The van der Waals surface area contributed by atoms with Crippen LogP contribution in [0.4, 0.5) is 5.69 Å². The molecule has 0 amide bonds. The fraction of sp³-hybridized carbons (Fsp3) is 0.360. The molecule has 1 heterocycles. The Morgan fingerprint density at radius 2 is 1.72 bits per heavy atom. The number of aromatic nitrogens is 2. The van der Waals surface area contributed by atoms with Crippen molar-refractivity contribution in [2.75, 3.05) is 4.72 Å². The largest absolute Gasteiger partial charge is 0.280 e. The summed E-state index contributed by atoms with van der Waals surface area (Å²) in [6.45, 7) is 6.13. The molecule has 2 aromatic carbocycles. The third-order valence-corrected chi connectivity index (χ3v) is 7.60. The maximum absolute atomic E-state index is 13.3. The lowest BCUT2D eigenvalue weighted by atomic mass is 9.89. The summed E-state index contributed by atoms with van der Waals surface area (Å²) >= 11 is 0. The summed E-state index contributed by atoms with van der Waals surface area (Å²) < 4.78 is 29.4. The molecule has 1 aromatic heterocycles. The van der Waals surface area contributed by atoms with Crippen LogP contribution >= 0.6 is 0 Å². The van der Waals surface area contributed by atoms with Crippen molar-refractivity contribution in [2.24, 2.45) is 0 Å². The molecule has 4 rings (SSSR count). The van der Waals surface area contributed by atoms with Gasteiger partial charge in [-0.3, -0.25) is 9.52 Å². The Kier molecular flexibility index (Phi) is 6.20. The van der Waals surface area contributed by atoms with Crippen molar-refractivity contribution < 1.29 is 8.42 Å². The molecule has 0 unspecified atom stereocenters. The fourth-order valence-corrected chi connectivity index (χ4v) is 5.68. The average Bonchev–Trinajstić information content (AvgIpc) is 2.79. The minimum absolute atomic E-state index is 0.145. The first kappa shape index (κ1) is 22.3. The predicted octanol–water partition coefficient (Wildman–Crippen LogP) is 4.80. The molecule has 1 aliphatic carbocycles. The van der Waals surface area contributed by atoms with E-state index >= 15 is 0 Å². The summed E-state index contributed by atoms with van der Waals surface area (Å²) in [6.07, 6.45) is 4.07. The van der Waals surface area contributed by atoms with Crippen LogP contribution in [0.2, 0.25) is 0 Å². The van der Waals surface area contributed by atoms with Gasteiger partial charge in [-0.1, -0.05) is 45.0 Å². The lowest BCUT2D eigenvalue weighted by Gasteiger charge is -2.18. The van der Waals surface area contributed by atoms with Crippen molar-refractivity contribution in [3.8, 4) is 11.3 Å². The highest BCUT2D eigenvalue weighted by molar-refractivity contribution is 7.92. The minimum atomic E-state index is -3.80. The maximum atomic E-state index is 13.3. The molecular weight excluding hydrogens is 422 g/mol. The summed E-state index contributed by atoms with van der Waals surface area (Å²) in [5.41, 5.74) is 5.34. The monoisotopic (exact) mass is 451 g/mol. The highest BCUT2D eigenvalue weighted by Crippen LogP contribution is 2.31. The van der Waals surface area contributed by atoms with E-state index < -0.39 is 10.0 Å². The van der Waals surface area contributed by atoms with Gasteiger partial charge in [0.25, 0.3) is 15.6 Å². The van der Waals surface area contributed by atoms with E-state index in [0.29, 0.717) is 29.3 Å². The zero-order chi connectivity index (χ0) is 22.9. The van der Waals surface area contributed by atoms with Crippen molar-refractivity contribution in [3.05, 3.63) is 75.1 Å². The topological polar surface area (TPSA) is 91.9 Å². The van der Waals surface area contributed by atoms with Gasteiger partial charge in [0.15, 0.2) is 0 Å². The number of H-pyrrole nitrogens is 1. The summed E-state index contributed by atoms with van der Waals surface area (Å²) in [6, 6.07) is 12.9. The second kappa shape index (κ2) is 8.90. The van der Waals surface area contributed by atoms with Crippen LogP contribution in [-0.2, 0) is 29.3 Å². The molecule has 1 aliphatic rings. The van der Waals surface area contributed by atoms with Gasteiger partial charge in [0.05, 0.1) is 10.6 Å². The minimum Gasteiger partial charge on any atom is -0.280 e. The average molecular weight is 452 g/mol. The molecular formula is C25H29N3O3S. The SMILES string of the molecule is CCc1ccc(-c2n[nH]c(=O)c3c2CCCC3)cc1S(=O)(=O)Nc1ccc(C(C)C)cc1. The highest BCUT2D eigenvalue weighted by Gasteiger charge is 2.23. The first-order valence-corrected chi connectivity index (χ1v) is 12.6. The van der Waals surface area contributed by atoms with Gasteiger partial charge >= 0.3 is 0 Å². The van der Waals surface area contributed by atoms with Gasteiger partial charge in [-0.15, -0.1) is 0 Å².